The molecule has 0 spiro atoms. The van der Waals surface area contributed by atoms with Gasteiger partial charge in [0.1, 0.15) is 17.1 Å². The second-order valence-corrected chi connectivity index (χ2v) is 9.94. The maximum absolute atomic E-state index is 6.66. The monoisotopic (exact) mass is 530 g/mol. The van der Waals surface area contributed by atoms with Gasteiger partial charge in [0.25, 0.3) is 0 Å². The highest BCUT2D eigenvalue weighted by Crippen LogP contribution is 2.36. The third-order valence-electron chi connectivity index (χ3n) is 7.44. The molecule has 2 aliphatic rings. The number of aromatic amines is 1. The maximum atomic E-state index is 6.66. The first-order chi connectivity index (χ1) is 20.1. The summed E-state index contributed by atoms with van der Waals surface area (Å²) >= 11 is 0. The van der Waals surface area contributed by atoms with Crippen molar-refractivity contribution in [1.82, 2.24) is 34.9 Å². The molecule has 8 heteroatoms. The molecule has 3 N–H and O–H groups in total. The van der Waals surface area contributed by atoms with E-state index in [1.165, 1.54) is 0 Å². The summed E-state index contributed by atoms with van der Waals surface area (Å²) in [6.45, 7) is 1.96. The second-order valence-electron chi connectivity index (χ2n) is 9.94. The fourth-order valence-electron chi connectivity index (χ4n) is 5.48. The third kappa shape index (κ3) is 3.69. The average Bonchev–Trinajstić information content (AvgIpc) is 3.65. The molecule has 41 heavy (non-hydrogen) atoms. The minimum atomic E-state index is 0.345. The summed E-state index contributed by atoms with van der Waals surface area (Å²) < 4.78 is 0. The van der Waals surface area contributed by atoms with Crippen LogP contribution in [0.2, 0.25) is 0 Å². The molecule has 4 heterocycles. The normalized spacial score (nSPS) is 11.6. The molecule has 8 rings (SSSR count). The lowest BCUT2D eigenvalue weighted by Crippen LogP contribution is -1.92. The van der Waals surface area contributed by atoms with E-state index < -0.39 is 0 Å². The van der Waals surface area contributed by atoms with Gasteiger partial charge in [0.2, 0.25) is 0 Å². The number of rotatable bonds is 0. The van der Waals surface area contributed by atoms with Crippen LogP contribution in [0.25, 0.3) is 78.4 Å². The Kier molecular flexibility index (Phi) is 5.02. The number of hydrogen-bond donors (Lipinski definition) is 2. The van der Waals surface area contributed by atoms with E-state index in [1.54, 1.807) is 0 Å². The number of H-pyrrole nitrogens is 1. The van der Waals surface area contributed by atoms with E-state index in [4.69, 9.17) is 35.6 Å². The lowest BCUT2D eigenvalue weighted by molar-refractivity contribution is 1.17. The van der Waals surface area contributed by atoms with Crippen molar-refractivity contribution in [1.29, 1.82) is 0 Å². The fraction of sp³-hybridized carbons (Fsp3) is 0.0303. The number of fused-ring (bicyclic) bond motifs is 16. The molecular formula is C33H22N8. The summed E-state index contributed by atoms with van der Waals surface area (Å²) in [5.41, 5.74) is 12.3. The predicted octanol–water partition coefficient (Wildman–Crippen LogP) is 6.84. The van der Waals surface area contributed by atoms with Crippen LogP contribution in [0.1, 0.15) is 5.69 Å². The number of aromatic nitrogens is 7. The standard InChI is InChI=1S/C33H22N8/c1-18-19-10-2-3-11-20(19)27(34)36-29-22-13-5-7-15-24(22)31(38-29)40-33-26-17-9-8-16-25(26)32(41-33)39-30-23-14-6-4-12-21(23)28(35-18)37-30/h2-17H,1H3,(H3,34,35,36,37,38,39,40,41). The van der Waals surface area contributed by atoms with Crippen LogP contribution < -0.4 is 5.73 Å². The Morgan fingerprint density at radius 3 is 1.34 bits per heavy atom. The molecule has 2 aromatic heterocycles. The molecule has 6 bridgehead atoms. The van der Waals surface area contributed by atoms with Gasteiger partial charge in [0.15, 0.2) is 23.3 Å². The van der Waals surface area contributed by atoms with Gasteiger partial charge in [0, 0.05) is 49.5 Å². The Hall–Kier alpha value is -5.76. The molecule has 0 amide bonds. The molecule has 0 saturated carbocycles. The lowest BCUT2D eigenvalue weighted by Gasteiger charge is -2.01. The topological polar surface area (TPSA) is 119 Å². The highest BCUT2D eigenvalue weighted by molar-refractivity contribution is 6.05. The minimum absolute atomic E-state index is 0.345. The first-order valence-corrected chi connectivity index (χ1v) is 13.3. The molecule has 2 aliphatic heterocycles. The molecule has 0 radical (unpaired) electrons. The van der Waals surface area contributed by atoms with Gasteiger partial charge in [-0.15, -0.1) is 0 Å². The van der Waals surface area contributed by atoms with E-state index in [9.17, 15) is 0 Å². The van der Waals surface area contributed by atoms with Crippen molar-refractivity contribution >= 4 is 38.7 Å². The summed E-state index contributed by atoms with van der Waals surface area (Å²) in [5, 5.41) is 3.50. The Labute approximate surface area is 234 Å². The lowest BCUT2D eigenvalue weighted by atomic mass is 10.1. The number of nitrogens with zero attached hydrogens (tertiary/aromatic N) is 6. The van der Waals surface area contributed by atoms with Crippen LogP contribution in [0.15, 0.2) is 97.1 Å². The highest BCUT2D eigenvalue weighted by Gasteiger charge is 2.21. The third-order valence-corrected chi connectivity index (χ3v) is 7.44. The van der Waals surface area contributed by atoms with Gasteiger partial charge < -0.3 is 10.7 Å². The second kappa shape index (κ2) is 8.89. The van der Waals surface area contributed by atoms with Gasteiger partial charge in [-0.1, -0.05) is 97.1 Å². The van der Waals surface area contributed by atoms with Gasteiger partial charge in [-0.25, -0.2) is 29.9 Å². The number of anilines is 1. The van der Waals surface area contributed by atoms with Crippen LogP contribution in [0, 0.1) is 6.92 Å². The molecule has 8 nitrogen and oxygen atoms in total. The Morgan fingerprint density at radius 2 is 0.829 bits per heavy atom. The number of nitrogen functional groups attached to an aromatic ring is 1. The number of hydrogen-bond acceptors (Lipinski definition) is 7. The van der Waals surface area contributed by atoms with Crippen LogP contribution in [-0.4, -0.2) is 34.9 Å². The van der Waals surface area contributed by atoms with Gasteiger partial charge in [-0.05, 0) is 6.92 Å². The van der Waals surface area contributed by atoms with Gasteiger partial charge in [-0.2, -0.15) is 0 Å². The fourth-order valence-corrected chi connectivity index (χ4v) is 5.48. The summed E-state index contributed by atoms with van der Waals surface area (Å²) in [5.74, 6) is 2.60. The Morgan fingerprint density at radius 1 is 0.439 bits per heavy atom. The molecule has 0 atom stereocenters. The Bertz CT molecular complexity index is 2090. The maximum Gasteiger partial charge on any atom is 0.164 e. The minimum Gasteiger partial charge on any atom is -0.383 e. The highest BCUT2D eigenvalue weighted by atomic mass is 15.0. The molecule has 0 aliphatic carbocycles. The zero-order chi connectivity index (χ0) is 27.5. The summed E-state index contributed by atoms with van der Waals surface area (Å²) in [6.07, 6.45) is 0. The van der Waals surface area contributed by atoms with Crippen molar-refractivity contribution in [3.05, 3.63) is 103 Å². The molecule has 194 valence electrons. The summed E-state index contributed by atoms with van der Waals surface area (Å²) in [7, 11) is 0. The summed E-state index contributed by atoms with van der Waals surface area (Å²) in [6, 6.07) is 31.8. The number of nitrogens with one attached hydrogen (secondary N) is 1. The summed E-state index contributed by atoms with van der Waals surface area (Å²) in [4.78, 5) is 33.0. The van der Waals surface area contributed by atoms with Gasteiger partial charge >= 0.3 is 0 Å². The van der Waals surface area contributed by atoms with Gasteiger partial charge in [0.05, 0.1) is 0 Å². The molecular weight excluding hydrogens is 508 g/mol. The van der Waals surface area contributed by atoms with Crippen molar-refractivity contribution in [3.8, 4) is 45.6 Å². The van der Waals surface area contributed by atoms with E-state index in [2.05, 4.69) is 4.98 Å². The number of benzene rings is 4. The van der Waals surface area contributed by atoms with E-state index in [1.807, 2.05) is 104 Å². The van der Waals surface area contributed by atoms with Crippen molar-refractivity contribution in [2.75, 3.05) is 5.73 Å². The van der Waals surface area contributed by atoms with Crippen LogP contribution in [0.4, 0.5) is 5.82 Å². The van der Waals surface area contributed by atoms with E-state index in [-0.39, 0.29) is 0 Å². The number of aryl methyl sites for hydroxylation is 1. The molecule has 0 fully saturated rings. The van der Waals surface area contributed by atoms with Crippen molar-refractivity contribution in [2.24, 2.45) is 0 Å². The SMILES string of the molecule is Cc1nc2nc(nc3[nH]c(nc4nc(nc(N)c5ccccc15)-c1ccccc1-4)c1ccccc31)-c1ccccc1-2. The first kappa shape index (κ1) is 23.2. The van der Waals surface area contributed by atoms with Crippen LogP contribution in [0.5, 0.6) is 0 Å². The largest absolute Gasteiger partial charge is 0.383 e. The quantitative estimate of drug-likeness (QED) is 0.220. The van der Waals surface area contributed by atoms with Crippen molar-refractivity contribution in [2.45, 2.75) is 6.92 Å². The molecule has 0 unspecified atom stereocenters. The van der Waals surface area contributed by atoms with E-state index >= 15 is 0 Å². The zero-order valence-corrected chi connectivity index (χ0v) is 22.0. The average molecular weight is 531 g/mol. The smallest absolute Gasteiger partial charge is 0.164 e. The van der Waals surface area contributed by atoms with Crippen molar-refractivity contribution in [3.63, 3.8) is 0 Å². The van der Waals surface area contributed by atoms with Gasteiger partial charge in [-0.3, -0.25) is 0 Å². The first-order valence-electron chi connectivity index (χ1n) is 13.3. The van der Waals surface area contributed by atoms with E-state index in [0.717, 1.165) is 49.5 Å². The molecule has 4 aromatic carbocycles. The van der Waals surface area contributed by atoms with Crippen LogP contribution in [-0.2, 0) is 0 Å². The van der Waals surface area contributed by atoms with Crippen LogP contribution >= 0.6 is 0 Å². The molecule has 0 saturated heterocycles. The Balaban J connectivity index is 1.59. The van der Waals surface area contributed by atoms with Crippen LogP contribution in [0.3, 0.4) is 0 Å². The number of nitrogens with two attached hydrogens (primary N) is 1. The molecule has 6 aromatic rings. The van der Waals surface area contributed by atoms with E-state index in [0.29, 0.717) is 40.4 Å². The predicted molar refractivity (Wildman–Crippen MR) is 162 cm³/mol. The zero-order valence-electron chi connectivity index (χ0n) is 22.0. The van der Waals surface area contributed by atoms with Crippen molar-refractivity contribution < 1.29 is 0 Å².